The van der Waals surface area contributed by atoms with Crippen LogP contribution in [0.25, 0.3) is 0 Å². The second-order valence-corrected chi connectivity index (χ2v) is 5.10. The number of hydrogen-bond donors (Lipinski definition) is 5. The fourth-order valence-corrected chi connectivity index (χ4v) is 2.27. The molecular weight excluding hydrogens is 278 g/mol. The molecule has 5 unspecified atom stereocenters. The first kappa shape index (κ1) is 15.9. The number of hydrogen-bond acceptors (Lipinski definition) is 6. The minimum atomic E-state index is -1.52. The Morgan fingerprint density at radius 3 is 2.62 bits per heavy atom. The van der Waals surface area contributed by atoms with Crippen molar-refractivity contribution in [2.24, 2.45) is 0 Å². The van der Waals surface area contributed by atoms with Crippen molar-refractivity contribution in [2.75, 3.05) is 6.61 Å². The molecule has 0 bridgehead atoms. The molecule has 0 aliphatic carbocycles. The van der Waals surface area contributed by atoms with Crippen LogP contribution in [-0.2, 0) is 4.74 Å². The van der Waals surface area contributed by atoms with Gasteiger partial charge in [-0.1, -0.05) is 17.7 Å². The number of ether oxygens (including phenoxy) is 1. The van der Waals surface area contributed by atoms with E-state index >= 15 is 0 Å². The third-order valence-corrected chi connectivity index (χ3v) is 3.48. The molecule has 7 nitrogen and oxygen atoms in total. The SMILES string of the molecule is Cc1cccc(C(=O)NC2C(O)OC(CO)C(O)C2O)c1. The van der Waals surface area contributed by atoms with Gasteiger partial charge in [-0.25, -0.2) is 0 Å². The van der Waals surface area contributed by atoms with Gasteiger partial charge in [-0.2, -0.15) is 0 Å². The molecule has 5 N–H and O–H groups in total. The van der Waals surface area contributed by atoms with Crippen molar-refractivity contribution in [1.29, 1.82) is 0 Å². The zero-order chi connectivity index (χ0) is 15.6. The Morgan fingerprint density at radius 1 is 1.29 bits per heavy atom. The van der Waals surface area contributed by atoms with Crippen molar-refractivity contribution in [1.82, 2.24) is 5.32 Å². The van der Waals surface area contributed by atoms with Crippen LogP contribution in [0.4, 0.5) is 0 Å². The first-order chi connectivity index (χ1) is 9.93. The van der Waals surface area contributed by atoms with Gasteiger partial charge in [-0.3, -0.25) is 4.79 Å². The summed E-state index contributed by atoms with van der Waals surface area (Å²) in [5.41, 5.74) is 1.26. The number of rotatable bonds is 3. The highest BCUT2D eigenvalue weighted by Gasteiger charge is 2.44. The molecule has 1 amide bonds. The Hall–Kier alpha value is -1.51. The zero-order valence-electron chi connectivity index (χ0n) is 11.5. The van der Waals surface area contributed by atoms with Gasteiger partial charge >= 0.3 is 0 Å². The lowest BCUT2D eigenvalue weighted by Crippen LogP contribution is -2.64. The molecular formula is C14H19NO6. The van der Waals surface area contributed by atoms with E-state index in [1.54, 1.807) is 18.2 Å². The molecule has 1 aliphatic rings. The van der Waals surface area contributed by atoms with Crippen molar-refractivity contribution in [3.63, 3.8) is 0 Å². The number of carbonyl (C=O) groups is 1. The first-order valence-corrected chi connectivity index (χ1v) is 6.62. The molecule has 1 heterocycles. The Bertz CT molecular complexity index is 508. The van der Waals surface area contributed by atoms with Crippen LogP contribution in [0.2, 0.25) is 0 Å². The molecule has 1 saturated heterocycles. The maximum atomic E-state index is 12.1. The van der Waals surface area contributed by atoms with E-state index in [2.05, 4.69) is 5.32 Å². The van der Waals surface area contributed by atoms with E-state index in [9.17, 15) is 20.1 Å². The van der Waals surface area contributed by atoms with Crippen molar-refractivity contribution >= 4 is 5.91 Å². The van der Waals surface area contributed by atoms with E-state index in [0.29, 0.717) is 5.56 Å². The van der Waals surface area contributed by atoms with Gasteiger partial charge in [-0.15, -0.1) is 0 Å². The number of nitrogens with one attached hydrogen (secondary N) is 1. The smallest absolute Gasteiger partial charge is 0.251 e. The summed E-state index contributed by atoms with van der Waals surface area (Å²) in [6.07, 6.45) is -5.46. The predicted octanol–water partition coefficient (Wildman–Crippen LogP) is -1.48. The predicted molar refractivity (Wildman–Crippen MR) is 72.4 cm³/mol. The summed E-state index contributed by atoms with van der Waals surface area (Å²) in [6, 6.07) is 5.61. The fraction of sp³-hybridized carbons (Fsp3) is 0.500. The fourth-order valence-electron chi connectivity index (χ4n) is 2.27. The number of aliphatic hydroxyl groups excluding tert-OH is 4. The summed E-state index contributed by atoms with van der Waals surface area (Å²) >= 11 is 0. The number of amides is 1. The highest BCUT2D eigenvalue weighted by molar-refractivity contribution is 5.94. The average molecular weight is 297 g/mol. The Labute approximate surface area is 121 Å². The monoisotopic (exact) mass is 297 g/mol. The molecule has 1 aromatic rings. The maximum absolute atomic E-state index is 12.1. The van der Waals surface area contributed by atoms with Crippen molar-refractivity contribution < 1.29 is 30.0 Å². The minimum absolute atomic E-state index is 0.369. The Kier molecular flexibility index (Phi) is 4.92. The van der Waals surface area contributed by atoms with E-state index in [1.807, 2.05) is 13.0 Å². The van der Waals surface area contributed by atoms with Gasteiger partial charge in [0.05, 0.1) is 6.61 Å². The van der Waals surface area contributed by atoms with Gasteiger partial charge in [0.25, 0.3) is 5.91 Å². The lowest BCUT2D eigenvalue weighted by Gasteiger charge is -2.40. The molecule has 116 valence electrons. The Morgan fingerprint density at radius 2 is 2.00 bits per heavy atom. The van der Waals surface area contributed by atoms with E-state index in [-0.39, 0.29) is 0 Å². The quantitative estimate of drug-likeness (QED) is 0.464. The molecule has 0 saturated carbocycles. The van der Waals surface area contributed by atoms with Crippen LogP contribution in [0.5, 0.6) is 0 Å². The average Bonchev–Trinajstić information content (AvgIpc) is 2.47. The number of aryl methyl sites for hydroxylation is 1. The van der Waals surface area contributed by atoms with E-state index < -0.39 is 43.2 Å². The van der Waals surface area contributed by atoms with E-state index in [0.717, 1.165) is 5.56 Å². The van der Waals surface area contributed by atoms with Crippen LogP contribution < -0.4 is 5.32 Å². The van der Waals surface area contributed by atoms with Gasteiger partial charge in [0, 0.05) is 5.56 Å². The summed E-state index contributed by atoms with van der Waals surface area (Å²) in [5, 5.41) is 40.9. The summed E-state index contributed by atoms with van der Waals surface area (Å²) in [6.45, 7) is 1.29. The third kappa shape index (κ3) is 3.39. The van der Waals surface area contributed by atoms with E-state index in [4.69, 9.17) is 9.84 Å². The number of aliphatic hydroxyl groups is 4. The van der Waals surface area contributed by atoms with Gasteiger partial charge in [0.15, 0.2) is 6.29 Å². The molecule has 1 aromatic carbocycles. The molecule has 1 aliphatic heterocycles. The topological polar surface area (TPSA) is 119 Å². The maximum Gasteiger partial charge on any atom is 0.251 e. The molecule has 1 fully saturated rings. The van der Waals surface area contributed by atoms with Crippen molar-refractivity contribution in [2.45, 2.75) is 37.6 Å². The van der Waals surface area contributed by atoms with Gasteiger partial charge in [0.2, 0.25) is 0 Å². The van der Waals surface area contributed by atoms with E-state index in [1.165, 1.54) is 0 Å². The summed E-state index contributed by atoms with van der Waals surface area (Å²) in [4.78, 5) is 12.1. The second kappa shape index (κ2) is 6.50. The highest BCUT2D eigenvalue weighted by atomic mass is 16.6. The van der Waals surface area contributed by atoms with Crippen molar-refractivity contribution in [3.8, 4) is 0 Å². The van der Waals surface area contributed by atoms with Crippen LogP contribution in [0, 0.1) is 6.92 Å². The summed E-state index contributed by atoms with van der Waals surface area (Å²) in [5.74, 6) is -0.500. The molecule has 0 radical (unpaired) electrons. The zero-order valence-corrected chi connectivity index (χ0v) is 11.5. The number of carbonyl (C=O) groups excluding carboxylic acids is 1. The summed E-state index contributed by atoms with van der Waals surface area (Å²) in [7, 11) is 0. The molecule has 21 heavy (non-hydrogen) atoms. The van der Waals surface area contributed by atoms with Gasteiger partial charge in [-0.05, 0) is 19.1 Å². The van der Waals surface area contributed by atoms with Crippen LogP contribution >= 0.6 is 0 Å². The Balaban J connectivity index is 2.09. The van der Waals surface area contributed by atoms with Crippen LogP contribution in [0.1, 0.15) is 15.9 Å². The standard InChI is InChI=1S/C14H19NO6/c1-7-3-2-4-8(5-7)13(19)15-10-12(18)11(17)9(6-16)21-14(10)20/h2-5,9-12,14,16-18,20H,6H2,1H3,(H,15,19). The van der Waals surface area contributed by atoms with Crippen LogP contribution in [0.15, 0.2) is 24.3 Å². The first-order valence-electron chi connectivity index (χ1n) is 6.62. The minimum Gasteiger partial charge on any atom is -0.394 e. The molecule has 2 rings (SSSR count). The van der Waals surface area contributed by atoms with Gasteiger partial charge < -0.3 is 30.5 Å². The summed E-state index contributed by atoms with van der Waals surface area (Å²) < 4.78 is 4.97. The normalized spacial score (nSPS) is 32.7. The highest BCUT2D eigenvalue weighted by Crippen LogP contribution is 2.20. The molecule has 7 heteroatoms. The lowest BCUT2D eigenvalue weighted by atomic mass is 9.96. The van der Waals surface area contributed by atoms with Crippen LogP contribution in [0.3, 0.4) is 0 Å². The van der Waals surface area contributed by atoms with Crippen molar-refractivity contribution in [3.05, 3.63) is 35.4 Å². The lowest BCUT2D eigenvalue weighted by molar-refractivity contribution is -0.252. The largest absolute Gasteiger partial charge is 0.394 e. The molecule has 5 atom stereocenters. The molecule has 0 aromatic heterocycles. The second-order valence-electron chi connectivity index (χ2n) is 5.10. The third-order valence-electron chi connectivity index (χ3n) is 3.48. The molecule has 0 spiro atoms. The van der Waals surface area contributed by atoms with Crippen LogP contribution in [-0.4, -0.2) is 63.6 Å². The number of benzene rings is 1. The van der Waals surface area contributed by atoms with Gasteiger partial charge in [0.1, 0.15) is 24.4 Å².